The molecule has 0 radical (unpaired) electrons. The third-order valence-electron chi connectivity index (χ3n) is 2.47. The highest BCUT2D eigenvalue weighted by atomic mass is 16.5. The maximum atomic E-state index is 5.54. The third kappa shape index (κ3) is 0.510. The number of fused-ring (bicyclic) bond motifs is 2. The van der Waals surface area contributed by atoms with Crippen molar-refractivity contribution in [3.05, 3.63) is 0 Å². The van der Waals surface area contributed by atoms with Crippen LogP contribution in [-0.2, 0) is 4.74 Å². The first-order valence-electron chi connectivity index (χ1n) is 3.42. The Morgan fingerprint density at radius 2 is 2.50 bits per heavy atom. The van der Waals surface area contributed by atoms with Gasteiger partial charge in [-0.25, -0.2) is 0 Å². The van der Waals surface area contributed by atoms with Crippen molar-refractivity contribution in [3.8, 4) is 0 Å². The summed E-state index contributed by atoms with van der Waals surface area (Å²) in [5, 5.41) is 0. The summed E-state index contributed by atoms with van der Waals surface area (Å²) in [5.41, 5.74) is 0.310. The second kappa shape index (κ2) is 1.27. The molecule has 1 heteroatoms. The molecule has 1 heterocycles. The average molecular weight is 112 g/mol. The molecule has 0 amide bonds. The first kappa shape index (κ1) is 4.80. The van der Waals surface area contributed by atoms with Gasteiger partial charge in [-0.3, -0.25) is 0 Å². The van der Waals surface area contributed by atoms with Gasteiger partial charge in [0.15, 0.2) is 0 Å². The molecule has 1 nitrogen and oxygen atoms in total. The number of hydrogen-bond donors (Lipinski definition) is 0. The van der Waals surface area contributed by atoms with Crippen LogP contribution < -0.4 is 0 Å². The highest BCUT2D eigenvalue weighted by molar-refractivity contribution is 4.92. The molecule has 1 saturated carbocycles. The van der Waals surface area contributed by atoms with E-state index in [1.54, 1.807) is 0 Å². The summed E-state index contributed by atoms with van der Waals surface area (Å²) in [6, 6.07) is 0. The van der Waals surface area contributed by atoms with Crippen LogP contribution in [0.4, 0.5) is 0 Å². The van der Waals surface area contributed by atoms with Crippen LogP contribution in [0.3, 0.4) is 0 Å². The Morgan fingerprint density at radius 3 is 2.62 bits per heavy atom. The fourth-order valence-electron chi connectivity index (χ4n) is 1.92. The van der Waals surface area contributed by atoms with E-state index in [2.05, 4.69) is 6.92 Å². The molecule has 2 fully saturated rings. The maximum Gasteiger partial charge on any atom is 0.0658 e. The highest BCUT2D eigenvalue weighted by Crippen LogP contribution is 2.43. The Labute approximate surface area is 50.0 Å². The smallest absolute Gasteiger partial charge is 0.0658 e. The van der Waals surface area contributed by atoms with Crippen molar-refractivity contribution in [3.63, 3.8) is 0 Å². The van der Waals surface area contributed by atoms with Crippen LogP contribution in [0.1, 0.15) is 26.2 Å². The summed E-state index contributed by atoms with van der Waals surface area (Å²) >= 11 is 0. The molecular formula is C7H12O. The second-order valence-corrected chi connectivity index (χ2v) is 3.37. The zero-order valence-corrected chi connectivity index (χ0v) is 5.31. The van der Waals surface area contributed by atoms with Crippen molar-refractivity contribution in [1.82, 2.24) is 0 Å². The van der Waals surface area contributed by atoms with Crippen LogP contribution >= 0.6 is 0 Å². The highest BCUT2D eigenvalue weighted by Gasteiger charge is 2.42. The van der Waals surface area contributed by atoms with Gasteiger partial charge < -0.3 is 4.74 Å². The molecule has 0 aromatic rings. The largest absolute Gasteiger partial charge is 0.375 e. The van der Waals surface area contributed by atoms with Gasteiger partial charge in [-0.1, -0.05) is 0 Å². The van der Waals surface area contributed by atoms with Crippen LogP contribution in [0.5, 0.6) is 0 Å². The van der Waals surface area contributed by atoms with Crippen LogP contribution in [0, 0.1) is 5.92 Å². The van der Waals surface area contributed by atoms with Crippen molar-refractivity contribution in [2.75, 3.05) is 6.61 Å². The molecule has 0 unspecified atom stereocenters. The summed E-state index contributed by atoms with van der Waals surface area (Å²) < 4.78 is 5.54. The van der Waals surface area contributed by atoms with Gasteiger partial charge in [-0.2, -0.15) is 0 Å². The maximum absolute atomic E-state index is 5.54. The molecule has 1 saturated heterocycles. The summed E-state index contributed by atoms with van der Waals surface area (Å²) in [6.07, 6.45) is 4.04. The molecule has 0 N–H and O–H groups in total. The summed E-state index contributed by atoms with van der Waals surface area (Å²) in [7, 11) is 0. The fraction of sp³-hybridized carbons (Fsp3) is 1.00. The molecule has 2 bridgehead atoms. The molecule has 0 aromatic carbocycles. The van der Waals surface area contributed by atoms with Crippen LogP contribution in [0.15, 0.2) is 0 Å². The van der Waals surface area contributed by atoms with E-state index in [1.807, 2.05) is 0 Å². The number of hydrogen-bond acceptors (Lipinski definition) is 1. The summed E-state index contributed by atoms with van der Waals surface area (Å²) in [4.78, 5) is 0. The summed E-state index contributed by atoms with van der Waals surface area (Å²) in [5.74, 6) is 0.917. The predicted octanol–water partition coefficient (Wildman–Crippen LogP) is 1.58. The minimum Gasteiger partial charge on any atom is -0.375 e. The minimum absolute atomic E-state index is 0.310. The van der Waals surface area contributed by atoms with E-state index in [0.29, 0.717) is 5.60 Å². The minimum atomic E-state index is 0.310. The number of rotatable bonds is 0. The molecule has 1 aliphatic heterocycles. The lowest BCUT2D eigenvalue weighted by Gasteiger charge is -2.20. The molecule has 2 rings (SSSR count). The van der Waals surface area contributed by atoms with E-state index >= 15 is 0 Å². The van der Waals surface area contributed by atoms with E-state index in [4.69, 9.17) is 4.74 Å². The SMILES string of the molecule is C[C@]12CC[C@H](CO1)C2. The zero-order chi connectivity index (χ0) is 5.61. The van der Waals surface area contributed by atoms with Crippen LogP contribution in [0.2, 0.25) is 0 Å². The molecule has 46 valence electrons. The van der Waals surface area contributed by atoms with Gasteiger partial charge in [0, 0.05) is 0 Å². The van der Waals surface area contributed by atoms with Gasteiger partial charge in [0.1, 0.15) is 0 Å². The second-order valence-electron chi connectivity index (χ2n) is 3.37. The summed E-state index contributed by atoms with van der Waals surface area (Å²) in [6.45, 7) is 3.27. The van der Waals surface area contributed by atoms with Gasteiger partial charge in [0.05, 0.1) is 12.2 Å². The normalized spacial score (nSPS) is 52.9. The van der Waals surface area contributed by atoms with Crippen LogP contribution in [-0.4, -0.2) is 12.2 Å². The van der Waals surface area contributed by atoms with E-state index in [1.165, 1.54) is 19.3 Å². The predicted molar refractivity (Wildman–Crippen MR) is 31.7 cm³/mol. The first-order chi connectivity index (χ1) is 3.79. The van der Waals surface area contributed by atoms with Crippen molar-refractivity contribution in [2.24, 2.45) is 5.92 Å². The Bertz CT molecular complexity index is 101. The van der Waals surface area contributed by atoms with Gasteiger partial charge in [-0.05, 0) is 32.1 Å². The molecule has 0 spiro atoms. The van der Waals surface area contributed by atoms with Gasteiger partial charge in [0.2, 0.25) is 0 Å². The Hall–Kier alpha value is -0.0400. The Kier molecular flexibility index (Phi) is 0.762. The van der Waals surface area contributed by atoms with E-state index in [-0.39, 0.29) is 0 Å². The van der Waals surface area contributed by atoms with E-state index < -0.39 is 0 Å². The molecule has 8 heavy (non-hydrogen) atoms. The molecule has 1 aliphatic carbocycles. The van der Waals surface area contributed by atoms with Gasteiger partial charge >= 0.3 is 0 Å². The first-order valence-corrected chi connectivity index (χ1v) is 3.42. The van der Waals surface area contributed by atoms with Gasteiger partial charge in [0.25, 0.3) is 0 Å². The third-order valence-corrected chi connectivity index (χ3v) is 2.47. The monoisotopic (exact) mass is 112 g/mol. The van der Waals surface area contributed by atoms with E-state index in [0.717, 1.165) is 12.5 Å². The Balaban J connectivity index is 2.19. The topological polar surface area (TPSA) is 9.23 Å². The van der Waals surface area contributed by atoms with Gasteiger partial charge in [-0.15, -0.1) is 0 Å². The fourth-order valence-corrected chi connectivity index (χ4v) is 1.92. The molecule has 2 aliphatic rings. The lowest BCUT2D eigenvalue weighted by Crippen LogP contribution is -2.20. The van der Waals surface area contributed by atoms with Crippen molar-refractivity contribution in [2.45, 2.75) is 31.8 Å². The van der Waals surface area contributed by atoms with Crippen molar-refractivity contribution in [1.29, 1.82) is 0 Å². The lowest BCUT2D eigenvalue weighted by atomic mass is 10.1. The molecule has 2 atom stereocenters. The molecule has 0 aromatic heterocycles. The van der Waals surface area contributed by atoms with Crippen LogP contribution in [0.25, 0.3) is 0 Å². The lowest BCUT2D eigenvalue weighted by molar-refractivity contribution is -0.00208. The Morgan fingerprint density at radius 1 is 1.62 bits per heavy atom. The van der Waals surface area contributed by atoms with Crippen molar-refractivity contribution < 1.29 is 4.74 Å². The van der Waals surface area contributed by atoms with Crippen molar-refractivity contribution >= 4 is 0 Å². The number of ether oxygens (including phenoxy) is 1. The average Bonchev–Trinajstić information content (AvgIpc) is 2.21. The standard InChI is InChI=1S/C7H12O/c1-7-3-2-6(4-7)5-8-7/h6H,2-5H2,1H3/t6-,7+/m0/s1. The quantitative estimate of drug-likeness (QED) is 0.462. The zero-order valence-electron chi connectivity index (χ0n) is 5.31. The van der Waals surface area contributed by atoms with E-state index in [9.17, 15) is 0 Å². The molecular weight excluding hydrogens is 100 g/mol.